The first-order valence-corrected chi connectivity index (χ1v) is 5.48. The quantitative estimate of drug-likeness (QED) is 0.476. The lowest BCUT2D eigenvalue weighted by molar-refractivity contribution is -0.641. The van der Waals surface area contributed by atoms with E-state index in [1.54, 1.807) is 6.92 Å². The van der Waals surface area contributed by atoms with Gasteiger partial charge >= 0.3 is 5.97 Å². The van der Waals surface area contributed by atoms with Gasteiger partial charge < -0.3 is 15.7 Å². The third kappa shape index (κ3) is 2.11. The predicted octanol–water partition coefficient (Wildman–Crippen LogP) is 0.499. The Bertz CT molecular complexity index is 706. The van der Waals surface area contributed by atoms with Gasteiger partial charge in [-0.05, 0) is 23.9 Å². The molecule has 1 heterocycles. The van der Waals surface area contributed by atoms with Gasteiger partial charge in [0.15, 0.2) is 0 Å². The van der Waals surface area contributed by atoms with Crippen molar-refractivity contribution in [2.75, 3.05) is 12.3 Å². The molecule has 2 rings (SSSR count). The van der Waals surface area contributed by atoms with E-state index in [2.05, 4.69) is 5.10 Å². The molecule has 96 valence electrons. The number of rotatable bonds is 2. The average molecular weight is 258 g/mol. The van der Waals surface area contributed by atoms with Gasteiger partial charge in [0, 0.05) is 11.2 Å². The Kier molecular flexibility index (Phi) is 3.16. The molecule has 0 aliphatic carbocycles. The number of esters is 1. The highest BCUT2D eigenvalue weighted by Crippen LogP contribution is 2.21. The third-order valence-corrected chi connectivity index (χ3v) is 2.54. The Labute approximate surface area is 108 Å². The summed E-state index contributed by atoms with van der Waals surface area (Å²) in [5.74, 6) is -0.853. The lowest BCUT2D eigenvalue weighted by Gasteiger charge is -2.07. The van der Waals surface area contributed by atoms with Crippen molar-refractivity contribution in [2.45, 2.75) is 6.92 Å². The molecular weight excluding hydrogens is 248 g/mol. The third-order valence-electron chi connectivity index (χ3n) is 2.54. The van der Waals surface area contributed by atoms with E-state index in [4.69, 9.17) is 15.7 Å². The van der Waals surface area contributed by atoms with Crippen molar-refractivity contribution in [3.63, 3.8) is 0 Å². The minimum Gasteiger partial charge on any atom is -0.594 e. The fourth-order valence-corrected chi connectivity index (χ4v) is 1.73. The van der Waals surface area contributed by atoms with E-state index in [1.807, 2.05) is 6.07 Å². The second kappa shape index (κ2) is 4.78. The summed E-state index contributed by atoms with van der Waals surface area (Å²) in [6.07, 6.45) is 0. The van der Waals surface area contributed by atoms with Crippen molar-refractivity contribution in [1.82, 2.24) is 5.10 Å². The molecule has 1 aromatic heterocycles. The molecule has 0 radical (unpaired) electrons. The standard InChI is InChI=1S/C12H10N4O3/c1-2-19-12(17)10-8-4-3-7(6-13)5-9(8)16(18)15-11(10)14/h3-5H,2H2,1H3,(H2,14,15). The summed E-state index contributed by atoms with van der Waals surface area (Å²) in [6.45, 7) is 1.84. The average Bonchev–Trinajstić information content (AvgIpc) is 2.38. The maximum absolute atomic E-state index is 11.8. The normalized spacial score (nSPS) is 10.1. The summed E-state index contributed by atoms with van der Waals surface area (Å²) in [4.78, 5) is 12.1. The highest BCUT2D eigenvalue weighted by molar-refractivity contribution is 6.06. The van der Waals surface area contributed by atoms with Crippen LogP contribution in [0.4, 0.5) is 5.82 Å². The number of nitrogens with zero attached hydrogens (tertiary/aromatic N) is 3. The van der Waals surface area contributed by atoms with Gasteiger partial charge in [0.2, 0.25) is 5.82 Å². The number of anilines is 1. The van der Waals surface area contributed by atoms with Crippen LogP contribution in [0, 0.1) is 16.5 Å². The summed E-state index contributed by atoms with van der Waals surface area (Å²) in [5, 5.41) is 24.3. The number of hydrogen-bond donors (Lipinski definition) is 1. The Morgan fingerprint density at radius 2 is 2.37 bits per heavy atom. The van der Waals surface area contributed by atoms with Crippen molar-refractivity contribution in [2.24, 2.45) is 0 Å². The number of ether oxygens (including phenoxy) is 1. The van der Waals surface area contributed by atoms with Crippen LogP contribution in [0.15, 0.2) is 18.2 Å². The van der Waals surface area contributed by atoms with Crippen LogP contribution in [0.2, 0.25) is 0 Å². The van der Waals surface area contributed by atoms with Crippen molar-refractivity contribution < 1.29 is 14.4 Å². The smallest absolute Gasteiger partial charge is 0.343 e. The number of nitrogen functional groups attached to an aromatic ring is 1. The molecule has 19 heavy (non-hydrogen) atoms. The molecule has 2 aromatic rings. The van der Waals surface area contributed by atoms with Gasteiger partial charge in [-0.1, -0.05) is 0 Å². The lowest BCUT2D eigenvalue weighted by Crippen LogP contribution is -2.34. The zero-order valence-corrected chi connectivity index (χ0v) is 10.1. The summed E-state index contributed by atoms with van der Waals surface area (Å²) >= 11 is 0. The summed E-state index contributed by atoms with van der Waals surface area (Å²) in [6, 6.07) is 6.22. The van der Waals surface area contributed by atoms with Crippen LogP contribution >= 0.6 is 0 Å². The molecule has 2 N–H and O–H groups in total. The molecule has 0 fully saturated rings. The topological polar surface area (TPSA) is 116 Å². The van der Waals surface area contributed by atoms with E-state index < -0.39 is 5.97 Å². The van der Waals surface area contributed by atoms with Gasteiger partial charge in [-0.3, -0.25) is 0 Å². The Morgan fingerprint density at radius 3 is 3.00 bits per heavy atom. The van der Waals surface area contributed by atoms with E-state index in [-0.39, 0.29) is 28.4 Å². The van der Waals surface area contributed by atoms with E-state index in [0.717, 1.165) is 0 Å². The molecule has 1 aromatic carbocycles. The van der Waals surface area contributed by atoms with Crippen LogP contribution in [-0.4, -0.2) is 17.7 Å². The molecule has 0 unspecified atom stereocenters. The van der Waals surface area contributed by atoms with E-state index in [1.165, 1.54) is 18.2 Å². The Morgan fingerprint density at radius 1 is 1.63 bits per heavy atom. The number of nitriles is 1. The van der Waals surface area contributed by atoms with Crippen LogP contribution < -0.4 is 10.6 Å². The molecule has 0 aliphatic rings. The number of carbonyl (C=O) groups excluding carboxylic acids is 1. The van der Waals surface area contributed by atoms with Gasteiger partial charge in [0.05, 0.1) is 23.6 Å². The van der Waals surface area contributed by atoms with E-state index in [9.17, 15) is 10.0 Å². The van der Waals surface area contributed by atoms with Crippen LogP contribution in [0.25, 0.3) is 10.9 Å². The minimum absolute atomic E-state index is 0.0356. The van der Waals surface area contributed by atoms with Gasteiger partial charge in [0.1, 0.15) is 5.56 Å². The Balaban J connectivity index is 2.77. The van der Waals surface area contributed by atoms with Crippen molar-refractivity contribution >= 4 is 22.7 Å². The zero-order chi connectivity index (χ0) is 14.0. The van der Waals surface area contributed by atoms with Crippen LogP contribution in [0.3, 0.4) is 0 Å². The highest BCUT2D eigenvalue weighted by Gasteiger charge is 2.22. The van der Waals surface area contributed by atoms with Crippen molar-refractivity contribution in [3.05, 3.63) is 34.5 Å². The molecule has 7 heteroatoms. The molecule has 0 aliphatic heterocycles. The van der Waals surface area contributed by atoms with Gasteiger partial charge in [-0.15, -0.1) is 0 Å². The lowest BCUT2D eigenvalue weighted by atomic mass is 10.1. The van der Waals surface area contributed by atoms with E-state index in [0.29, 0.717) is 10.9 Å². The minimum atomic E-state index is -0.650. The van der Waals surface area contributed by atoms with E-state index >= 15 is 0 Å². The van der Waals surface area contributed by atoms with Gasteiger partial charge in [-0.25, -0.2) is 4.79 Å². The second-order valence-corrected chi connectivity index (χ2v) is 3.70. The maximum atomic E-state index is 11.8. The fourth-order valence-electron chi connectivity index (χ4n) is 1.73. The second-order valence-electron chi connectivity index (χ2n) is 3.70. The number of aromatic nitrogens is 2. The first-order chi connectivity index (χ1) is 9.08. The molecular formula is C12H10N4O3. The number of carbonyl (C=O) groups is 1. The predicted molar refractivity (Wildman–Crippen MR) is 65.8 cm³/mol. The summed E-state index contributed by atoms with van der Waals surface area (Å²) < 4.78 is 4.88. The fraction of sp³-hybridized carbons (Fsp3) is 0.167. The Hall–Kier alpha value is -2.88. The number of hydrogen-bond acceptors (Lipinski definition) is 6. The van der Waals surface area contributed by atoms with Gasteiger partial charge in [-0.2, -0.15) is 5.26 Å². The monoisotopic (exact) mass is 258 g/mol. The number of benzene rings is 1. The van der Waals surface area contributed by atoms with Crippen molar-refractivity contribution in [1.29, 1.82) is 5.26 Å². The van der Waals surface area contributed by atoms with Crippen LogP contribution in [-0.2, 0) is 4.74 Å². The van der Waals surface area contributed by atoms with Crippen LogP contribution in [0.1, 0.15) is 22.8 Å². The first-order valence-electron chi connectivity index (χ1n) is 5.48. The zero-order valence-electron chi connectivity index (χ0n) is 10.1. The largest absolute Gasteiger partial charge is 0.594 e. The maximum Gasteiger partial charge on any atom is 0.343 e. The number of nitrogens with two attached hydrogens (primary N) is 1. The highest BCUT2D eigenvalue weighted by atomic mass is 16.5. The first kappa shape index (κ1) is 12.6. The molecule has 0 saturated carbocycles. The van der Waals surface area contributed by atoms with Crippen LogP contribution in [0.5, 0.6) is 0 Å². The summed E-state index contributed by atoms with van der Waals surface area (Å²) in [7, 11) is 0. The molecule has 0 bridgehead atoms. The molecule has 0 amide bonds. The van der Waals surface area contributed by atoms with Crippen molar-refractivity contribution in [3.8, 4) is 6.07 Å². The summed E-state index contributed by atoms with van der Waals surface area (Å²) in [5.41, 5.74) is 6.01. The molecule has 0 saturated heterocycles. The van der Waals surface area contributed by atoms with Gasteiger partial charge in [0.25, 0.3) is 5.52 Å². The number of fused-ring (bicyclic) bond motifs is 1. The molecule has 0 spiro atoms. The SMILES string of the molecule is CCOC(=O)c1c(N)n[n+]([O-])c2cc(C#N)ccc12. The molecule has 7 nitrogen and oxygen atoms in total. The molecule has 0 atom stereocenters.